The molecule has 0 aliphatic carbocycles. The van der Waals surface area contributed by atoms with E-state index in [1.807, 2.05) is 19.0 Å². The standard InChI is InChI=1S/C15H18ClN3O2/c1-19(2)7-3-6-17-15(21)14(20)12-9-18-13-8-10(16)4-5-11(12)13/h4-5,8-9,18H,3,6-7H2,1-2H3,(H,17,21). The zero-order valence-electron chi connectivity index (χ0n) is 12.1. The third kappa shape index (κ3) is 3.83. The van der Waals surface area contributed by atoms with Gasteiger partial charge in [0, 0.05) is 28.7 Å². The van der Waals surface area contributed by atoms with Gasteiger partial charge in [0.25, 0.3) is 11.7 Å². The van der Waals surface area contributed by atoms with Crippen LogP contribution in [0.5, 0.6) is 0 Å². The summed E-state index contributed by atoms with van der Waals surface area (Å²) in [6.45, 7) is 1.34. The average Bonchev–Trinajstić information content (AvgIpc) is 2.85. The van der Waals surface area contributed by atoms with Gasteiger partial charge in [-0.15, -0.1) is 0 Å². The van der Waals surface area contributed by atoms with Gasteiger partial charge in [0.15, 0.2) is 0 Å². The molecule has 5 nitrogen and oxygen atoms in total. The normalized spacial score (nSPS) is 11.0. The molecule has 2 aromatic rings. The molecule has 112 valence electrons. The summed E-state index contributed by atoms with van der Waals surface area (Å²) >= 11 is 5.89. The van der Waals surface area contributed by atoms with Gasteiger partial charge in [-0.25, -0.2) is 0 Å². The van der Waals surface area contributed by atoms with Crippen molar-refractivity contribution in [2.75, 3.05) is 27.2 Å². The van der Waals surface area contributed by atoms with Gasteiger partial charge in [0.1, 0.15) is 0 Å². The lowest BCUT2D eigenvalue weighted by Crippen LogP contribution is -2.32. The van der Waals surface area contributed by atoms with E-state index in [0.29, 0.717) is 22.5 Å². The highest BCUT2D eigenvalue weighted by Gasteiger charge is 2.19. The van der Waals surface area contributed by atoms with Crippen LogP contribution in [-0.4, -0.2) is 48.8 Å². The Labute approximate surface area is 128 Å². The number of halogens is 1. The van der Waals surface area contributed by atoms with Crippen LogP contribution in [0.3, 0.4) is 0 Å². The fourth-order valence-corrected chi connectivity index (χ4v) is 2.26. The summed E-state index contributed by atoms with van der Waals surface area (Å²) in [5.41, 5.74) is 1.11. The van der Waals surface area contributed by atoms with E-state index in [2.05, 4.69) is 10.3 Å². The number of Topliss-reactive ketones (excluding diaryl/α,β-unsaturated/α-hetero) is 1. The van der Waals surface area contributed by atoms with Crippen molar-refractivity contribution in [1.29, 1.82) is 0 Å². The van der Waals surface area contributed by atoms with Crippen molar-refractivity contribution in [3.05, 3.63) is 35.0 Å². The van der Waals surface area contributed by atoms with Crippen LogP contribution < -0.4 is 5.32 Å². The number of carbonyl (C=O) groups excluding carboxylic acids is 2. The highest BCUT2D eigenvalue weighted by molar-refractivity contribution is 6.45. The van der Waals surface area contributed by atoms with E-state index in [9.17, 15) is 9.59 Å². The third-order valence-electron chi connectivity index (χ3n) is 3.16. The van der Waals surface area contributed by atoms with Crippen LogP contribution in [0.15, 0.2) is 24.4 Å². The predicted octanol–water partition coefficient (Wildman–Crippen LogP) is 2.07. The lowest BCUT2D eigenvalue weighted by atomic mass is 10.1. The number of rotatable bonds is 6. The van der Waals surface area contributed by atoms with Crippen molar-refractivity contribution < 1.29 is 9.59 Å². The molecule has 0 saturated heterocycles. The molecule has 0 fully saturated rings. The first-order valence-corrected chi connectivity index (χ1v) is 7.10. The number of benzene rings is 1. The second kappa shape index (κ2) is 6.74. The lowest BCUT2D eigenvalue weighted by Gasteiger charge is -2.09. The molecule has 1 amide bonds. The molecule has 2 N–H and O–H groups in total. The van der Waals surface area contributed by atoms with Gasteiger partial charge in [-0.2, -0.15) is 0 Å². The number of amides is 1. The third-order valence-corrected chi connectivity index (χ3v) is 3.40. The predicted molar refractivity (Wildman–Crippen MR) is 83.8 cm³/mol. The number of fused-ring (bicyclic) bond motifs is 1. The second-order valence-corrected chi connectivity index (χ2v) is 5.57. The van der Waals surface area contributed by atoms with Gasteiger partial charge in [-0.3, -0.25) is 9.59 Å². The molecule has 0 bridgehead atoms. The zero-order chi connectivity index (χ0) is 15.4. The van der Waals surface area contributed by atoms with Crippen molar-refractivity contribution >= 4 is 34.2 Å². The summed E-state index contributed by atoms with van der Waals surface area (Å²) in [5, 5.41) is 3.93. The molecule has 2 rings (SSSR count). The zero-order valence-corrected chi connectivity index (χ0v) is 12.8. The maximum absolute atomic E-state index is 12.2. The van der Waals surface area contributed by atoms with Gasteiger partial charge in [-0.05, 0) is 39.2 Å². The van der Waals surface area contributed by atoms with Gasteiger partial charge < -0.3 is 15.2 Å². The number of aromatic amines is 1. The maximum Gasteiger partial charge on any atom is 0.292 e. The number of H-pyrrole nitrogens is 1. The van der Waals surface area contributed by atoms with Gasteiger partial charge in [0.05, 0.1) is 5.56 Å². The minimum atomic E-state index is -0.579. The van der Waals surface area contributed by atoms with Crippen LogP contribution >= 0.6 is 11.6 Å². The Hall–Kier alpha value is -1.85. The van der Waals surface area contributed by atoms with Crippen molar-refractivity contribution in [1.82, 2.24) is 15.2 Å². The van der Waals surface area contributed by atoms with E-state index in [0.717, 1.165) is 18.5 Å². The Morgan fingerprint density at radius 2 is 2.10 bits per heavy atom. The minimum Gasteiger partial charge on any atom is -0.360 e. The van der Waals surface area contributed by atoms with E-state index in [4.69, 9.17) is 11.6 Å². The summed E-state index contributed by atoms with van der Waals surface area (Å²) in [4.78, 5) is 29.0. The molecular formula is C15H18ClN3O2. The molecule has 1 aromatic carbocycles. The molecule has 0 spiro atoms. The fraction of sp³-hybridized carbons (Fsp3) is 0.333. The van der Waals surface area contributed by atoms with Crippen LogP contribution in [0, 0.1) is 0 Å². The SMILES string of the molecule is CN(C)CCCNC(=O)C(=O)c1c[nH]c2cc(Cl)ccc12. The quantitative estimate of drug-likeness (QED) is 0.488. The number of nitrogens with one attached hydrogen (secondary N) is 2. The van der Waals surface area contributed by atoms with Crippen LogP contribution in [0.4, 0.5) is 0 Å². The van der Waals surface area contributed by atoms with Crippen LogP contribution in [0.1, 0.15) is 16.8 Å². The Morgan fingerprint density at radius 1 is 1.33 bits per heavy atom. The first-order chi connectivity index (χ1) is 9.99. The van der Waals surface area contributed by atoms with E-state index in [-0.39, 0.29) is 0 Å². The Kier molecular flexibility index (Phi) is 4.98. The number of aromatic nitrogens is 1. The molecule has 1 aromatic heterocycles. The molecule has 21 heavy (non-hydrogen) atoms. The van der Waals surface area contributed by atoms with Crippen LogP contribution in [-0.2, 0) is 4.79 Å². The Morgan fingerprint density at radius 3 is 2.81 bits per heavy atom. The molecule has 0 aliphatic heterocycles. The number of hydrogen-bond acceptors (Lipinski definition) is 3. The van der Waals surface area contributed by atoms with Gasteiger partial charge in [0.2, 0.25) is 0 Å². The maximum atomic E-state index is 12.2. The summed E-state index contributed by atoms with van der Waals surface area (Å²) in [6.07, 6.45) is 2.35. The lowest BCUT2D eigenvalue weighted by molar-refractivity contribution is -0.117. The first kappa shape index (κ1) is 15.5. The van der Waals surface area contributed by atoms with Crippen LogP contribution in [0.25, 0.3) is 10.9 Å². The molecule has 0 saturated carbocycles. The summed E-state index contributed by atoms with van der Waals surface area (Å²) in [6, 6.07) is 5.16. The van der Waals surface area contributed by atoms with E-state index in [1.54, 1.807) is 24.4 Å². The van der Waals surface area contributed by atoms with E-state index >= 15 is 0 Å². The number of hydrogen-bond donors (Lipinski definition) is 2. The minimum absolute atomic E-state index is 0.367. The number of ketones is 1. The Balaban J connectivity index is 2.03. The fourth-order valence-electron chi connectivity index (χ4n) is 2.09. The number of carbonyl (C=O) groups is 2. The molecule has 6 heteroatoms. The monoisotopic (exact) mass is 307 g/mol. The summed E-state index contributed by atoms with van der Waals surface area (Å²) in [7, 11) is 3.92. The van der Waals surface area contributed by atoms with Crippen molar-refractivity contribution in [2.45, 2.75) is 6.42 Å². The van der Waals surface area contributed by atoms with Crippen LogP contribution in [0.2, 0.25) is 5.02 Å². The molecular weight excluding hydrogens is 290 g/mol. The average molecular weight is 308 g/mol. The van der Waals surface area contributed by atoms with Crippen molar-refractivity contribution in [3.8, 4) is 0 Å². The largest absolute Gasteiger partial charge is 0.360 e. The topological polar surface area (TPSA) is 65.2 Å². The first-order valence-electron chi connectivity index (χ1n) is 6.73. The smallest absolute Gasteiger partial charge is 0.292 e. The molecule has 0 radical (unpaired) electrons. The van der Waals surface area contributed by atoms with Gasteiger partial charge in [-0.1, -0.05) is 17.7 Å². The molecule has 0 atom stereocenters. The highest BCUT2D eigenvalue weighted by Crippen LogP contribution is 2.22. The molecule has 0 unspecified atom stereocenters. The molecule has 0 aliphatic rings. The highest BCUT2D eigenvalue weighted by atomic mass is 35.5. The molecule has 1 heterocycles. The summed E-state index contributed by atoms with van der Waals surface area (Å²) in [5.74, 6) is -1.11. The van der Waals surface area contributed by atoms with Crippen molar-refractivity contribution in [3.63, 3.8) is 0 Å². The van der Waals surface area contributed by atoms with Crippen molar-refractivity contribution in [2.24, 2.45) is 0 Å². The Bertz CT molecular complexity index is 664. The van der Waals surface area contributed by atoms with Gasteiger partial charge >= 0.3 is 0 Å². The van der Waals surface area contributed by atoms with E-state index < -0.39 is 11.7 Å². The van der Waals surface area contributed by atoms with E-state index in [1.165, 1.54) is 0 Å². The number of nitrogens with zero attached hydrogens (tertiary/aromatic N) is 1. The summed E-state index contributed by atoms with van der Waals surface area (Å²) < 4.78 is 0. The second-order valence-electron chi connectivity index (χ2n) is 5.13.